The lowest BCUT2D eigenvalue weighted by molar-refractivity contribution is -0.144. The van der Waals surface area contributed by atoms with Gasteiger partial charge in [0.05, 0.1) is 6.61 Å². The van der Waals surface area contributed by atoms with Crippen LogP contribution in [0.25, 0.3) is 5.65 Å². The van der Waals surface area contributed by atoms with Crippen LogP contribution in [-0.4, -0.2) is 34.5 Å². The van der Waals surface area contributed by atoms with Gasteiger partial charge in [-0.1, -0.05) is 6.07 Å². The maximum atomic E-state index is 12.0. The molecule has 1 unspecified atom stereocenters. The lowest BCUT2D eigenvalue weighted by atomic mass is 10.2. The van der Waals surface area contributed by atoms with Crippen LogP contribution in [0.2, 0.25) is 0 Å². The minimum absolute atomic E-state index is 0.128. The summed E-state index contributed by atoms with van der Waals surface area (Å²) in [5.74, 6) is 0.877. The third-order valence-electron chi connectivity index (χ3n) is 3.51. The molecule has 0 spiro atoms. The van der Waals surface area contributed by atoms with Crippen LogP contribution in [0.15, 0.2) is 30.6 Å². The number of nitrogens with zero attached hydrogens (tertiary/aromatic N) is 3. The van der Waals surface area contributed by atoms with Crippen LogP contribution in [0.4, 0.5) is 5.82 Å². The minimum atomic E-state index is -0.173. The SMILES string of the molecule is CCOC(=O)C1CCCN1c1cccc2nccn12. The number of carbonyl (C=O) groups is 1. The monoisotopic (exact) mass is 259 g/mol. The molecule has 1 aliphatic rings. The van der Waals surface area contributed by atoms with Crippen LogP contribution in [0.3, 0.4) is 0 Å². The molecule has 2 aromatic heterocycles. The second kappa shape index (κ2) is 4.91. The second-order valence-electron chi connectivity index (χ2n) is 4.64. The van der Waals surface area contributed by atoms with Gasteiger partial charge in [-0.15, -0.1) is 0 Å². The Morgan fingerprint density at radius 3 is 3.26 bits per heavy atom. The van der Waals surface area contributed by atoms with E-state index in [1.807, 2.05) is 35.7 Å². The number of ether oxygens (including phenoxy) is 1. The number of pyridine rings is 1. The zero-order valence-electron chi connectivity index (χ0n) is 11.0. The van der Waals surface area contributed by atoms with Gasteiger partial charge in [0.25, 0.3) is 0 Å². The molecule has 0 bridgehead atoms. The molecular weight excluding hydrogens is 242 g/mol. The zero-order chi connectivity index (χ0) is 13.2. The van der Waals surface area contributed by atoms with E-state index in [0.717, 1.165) is 30.9 Å². The van der Waals surface area contributed by atoms with Crippen LogP contribution < -0.4 is 4.90 Å². The maximum absolute atomic E-state index is 12.0. The molecule has 19 heavy (non-hydrogen) atoms. The Hall–Kier alpha value is -2.04. The van der Waals surface area contributed by atoms with E-state index >= 15 is 0 Å². The summed E-state index contributed by atoms with van der Waals surface area (Å²) in [7, 11) is 0. The zero-order valence-corrected chi connectivity index (χ0v) is 11.0. The first-order valence-electron chi connectivity index (χ1n) is 6.66. The summed E-state index contributed by atoms with van der Waals surface area (Å²) in [6.07, 6.45) is 5.55. The number of anilines is 1. The van der Waals surface area contributed by atoms with Crippen LogP contribution in [0, 0.1) is 0 Å². The highest BCUT2D eigenvalue weighted by atomic mass is 16.5. The third-order valence-corrected chi connectivity index (χ3v) is 3.51. The molecular formula is C14H17N3O2. The highest BCUT2D eigenvalue weighted by Crippen LogP contribution is 2.26. The van der Waals surface area contributed by atoms with Crippen molar-refractivity contribution in [1.82, 2.24) is 9.38 Å². The lowest BCUT2D eigenvalue weighted by Gasteiger charge is -2.25. The number of imidazole rings is 1. The summed E-state index contributed by atoms with van der Waals surface area (Å²) in [5, 5.41) is 0. The minimum Gasteiger partial charge on any atom is -0.464 e. The van der Waals surface area contributed by atoms with Crippen molar-refractivity contribution >= 4 is 17.4 Å². The van der Waals surface area contributed by atoms with Crippen LogP contribution >= 0.6 is 0 Å². The van der Waals surface area contributed by atoms with Gasteiger partial charge in [0.2, 0.25) is 0 Å². The highest BCUT2D eigenvalue weighted by Gasteiger charge is 2.32. The average Bonchev–Trinajstić information content (AvgIpc) is 3.07. The molecule has 3 heterocycles. The molecule has 100 valence electrons. The van der Waals surface area contributed by atoms with Gasteiger partial charge in [-0.25, -0.2) is 9.78 Å². The molecule has 1 atom stereocenters. The van der Waals surface area contributed by atoms with Crippen molar-refractivity contribution in [3.63, 3.8) is 0 Å². The van der Waals surface area contributed by atoms with Crippen molar-refractivity contribution in [3.8, 4) is 0 Å². The normalized spacial score (nSPS) is 19.0. The summed E-state index contributed by atoms with van der Waals surface area (Å²) in [6, 6.07) is 5.77. The van der Waals surface area contributed by atoms with Gasteiger partial charge < -0.3 is 9.64 Å². The van der Waals surface area contributed by atoms with E-state index in [9.17, 15) is 4.79 Å². The molecule has 1 fully saturated rings. The van der Waals surface area contributed by atoms with Crippen molar-refractivity contribution in [2.45, 2.75) is 25.8 Å². The van der Waals surface area contributed by atoms with E-state index in [2.05, 4.69) is 9.88 Å². The highest BCUT2D eigenvalue weighted by molar-refractivity contribution is 5.80. The fraction of sp³-hybridized carbons (Fsp3) is 0.429. The van der Waals surface area contributed by atoms with Gasteiger partial charge in [0.1, 0.15) is 17.5 Å². The quantitative estimate of drug-likeness (QED) is 0.789. The fourth-order valence-corrected chi connectivity index (χ4v) is 2.69. The summed E-state index contributed by atoms with van der Waals surface area (Å²) in [5.41, 5.74) is 0.895. The summed E-state index contributed by atoms with van der Waals surface area (Å²) in [6.45, 7) is 3.15. The Labute approximate surface area is 111 Å². The number of aromatic nitrogens is 2. The number of fused-ring (bicyclic) bond motifs is 1. The Bertz CT molecular complexity index is 593. The number of rotatable bonds is 3. The first-order chi connectivity index (χ1) is 9.31. The number of hydrogen-bond donors (Lipinski definition) is 0. The van der Waals surface area contributed by atoms with E-state index in [1.165, 1.54) is 0 Å². The summed E-state index contributed by atoms with van der Waals surface area (Å²) < 4.78 is 7.18. The van der Waals surface area contributed by atoms with Crippen LogP contribution in [0.1, 0.15) is 19.8 Å². The van der Waals surface area contributed by atoms with Crippen molar-refractivity contribution in [2.75, 3.05) is 18.1 Å². The number of hydrogen-bond acceptors (Lipinski definition) is 4. The smallest absolute Gasteiger partial charge is 0.328 e. The van der Waals surface area contributed by atoms with Crippen LogP contribution in [-0.2, 0) is 9.53 Å². The molecule has 0 N–H and O–H groups in total. The first-order valence-corrected chi connectivity index (χ1v) is 6.66. The van der Waals surface area contributed by atoms with Gasteiger partial charge in [-0.3, -0.25) is 4.40 Å². The second-order valence-corrected chi connectivity index (χ2v) is 4.64. The van der Waals surface area contributed by atoms with E-state index in [0.29, 0.717) is 6.61 Å². The van der Waals surface area contributed by atoms with Gasteiger partial charge in [0.15, 0.2) is 0 Å². The maximum Gasteiger partial charge on any atom is 0.328 e. The fourth-order valence-electron chi connectivity index (χ4n) is 2.69. The number of esters is 1. The molecule has 1 aliphatic heterocycles. The van der Waals surface area contributed by atoms with Gasteiger partial charge >= 0.3 is 5.97 Å². The molecule has 0 saturated carbocycles. The van der Waals surface area contributed by atoms with Crippen molar-refractivity contribution < 1.29 is 9.53 Å². The molecule has 0 aliphatic carbocycles. The van der Waals surface area contributed by atoms with E-state index in [4.69, 9.17) is 4.74 Å². The lowest BCUT2D eigenvalue weighted by Crippen LogP contribution is -2.38. The Balaban J connectivity index is 1.96. The predicted octanol–water partition coefficient (Wildman–Crippen LogP) is 1.87. The van der Waals surface area contributed by atoms with Crippen molar-refractivity contribution in [1.29, 1.82) is 0 Å². The first kappa shape index (κ1) is 12.0. The standard InChI is InChI=1S/C14H17N3O2/c1-2-19-14(18)11-5-4-9-16(11)13-7-3-6-12-15-8-10-17(12)13/h3,6-8,10-11H,2,4-5,9H2,1H3. The molecule has 3 rings (SSSR count). The molecule has 1 saturated heterocycles. The third kappa shape index (κ3) is 2.05. The summed E-state index contributed by atoms with van der Waals surface area (Å²) in [4.78, 5) is 18.4. The van der Waals surface area contributed by atoms with E-state index < -0.39 is 0 Å². The van der Waals surface area contributed by atoms with Crippen molar-refractivity contribution in [2.24, 2.45) is 0 Å². The van der Waals surface area contributed by atoms with Gasteiger partial charge in [0, 0.05) is 18.9 Å². The van der Waals surface area contributed by atoms with Crippen molar-refractivity contribution in [3.05, 3.63) is 30.6 Å². The number of carbonyl (C=O) groups excluding carboxylic acids is 1. The Morgan fingerprint density at radius 1 is 1.53 bits per heavy atom. The van der Waals surface area contributed by atoms with E-state index in [1.54, 1.807) is 6.20 Å². The van der Waals surface area contributed by atoms with Gasteiger partial charge in [-0.2, -0.15) is 0 Å². The van der Waals surface area contributed by atoms with Crippen LogP contribution in [0.5, 0.6) is 0 Å². The molecule has 5 nitrogen and oxygen atoms in total. The predicted molar refractivity (Wildman–Crippen MR) is 72.2 cm³/mol. The molecule has 5 heteroatoms. The topological polar surface area (TPSA) is 46.8 Å². The van der Waals surface area contributed by atoms with E-state index in [-0.39, 0.29) is 12.0 Å². The molecule has 0 aromatic carbocycles. The Morgan fingerprint density at radius 2 is 2.42 bits per heavy atom. The molecule has 0 amide bonds. The molecule has 0 radical (unpaired) electrons. The largest absolute Gasteiger partial charge is 0.464 e. The molecule has 2 aromatic rings. The Kier molecular flexibility index (Phi) is 3.11. The summed E-state index contributed by atoms with van der Waals surface area (Å²) >= 11 is 0. The van der Waals surface area contributed by atoms with Gasteiger partial charge in [-0.05, 0) is 31.9 Å². The average molecular weight is 259 g/mol.